The average molecular weight is 306 g/mol. The molecule has 0 spiro atoms. The molecule has 0 aromatic carbocycles. The molecule has 2 aliphatic rings. The summed E-state index contributed by atoms with van der Waals surface area (Å²) in [5.41, 5.74) is 0.983. The van der Waals surface area contributed by atoms with Crippen LogP contribution in [0.1, 0.15) is 25.7 Å². The molecule has 114 valence electrons. The van der Waals surface area contributed by atoms with Crippen molar-refractivity contribution in [1.29, 1.82) is 0 Å². The van der Waals surface area contributed by atoms with Crippen LogP contribution < -0.4 is 5.32 Å². The van der Waals surface area contributed by atoms with Gasteiger partial charge in [0, 0.05) is 37.2 Å². The fraction of sp³-hybridized carbons (Fsp3) is 0.562. The Balaban J connectivity index is 1.85. The molecule has 21 heavy (non-hydrogen) atoms. The molecule has 2 heterocycles. The number of nitrogens with zero attached hydrogens (tertiary/aromatic N) is 1. The molecule has 5 heteroatoms. The van der Waals surface area contributed by atoms with E-state index >= 15 is 0 Å². The Morgan fingerprint density at radius 3 is 2.90 bits per heavy atom. The number of fused-ring (bicyclic) bond motifs is 1. The normalized spacial score (nSPS) is 25.0. The van der Waals surface area contributed by atoms with Crippen LogP contribution in [0.5, 0.6) is 0 Å². The van der Waals surface area contributed by atoms with Gasteiger partial charge in [-0.1, -0.05) is 12.8 Å². The SMILES string of the molecule is COCCNC(=O)C1=C(n2cccc2)S[C@@H]2CCCC[C@@H]12. The summed E-state index contributed by atoms with van der Waals surface area (Å²) >= 11 is 1.88. The van der Waals surface area contributed by atoms with Gasteiger partial charge in [0.25, 0.3) is 0 Å². The zero-order chi connectivity index (χ0) is 14.7. The van der Waals surface area contributed by atoms with Crippen molar-refractivity contribution in [3.63, 3.8) is 0 Å². The number of carbonyl (C=O) groups excluding carboxylic acids is 1. The van der Waals surface area contributed by atoms with Gasteiger partial charge in [0.1, 0.15) is 0 Å². The largest absolute Gasteiger partial charge is 0.383 e. The Morgan fingerprint density at radius 2 is 2.14 bits per heavy atom. The Morgan fingerprint density at radius 1 is 1.38 bits per heavy atom. The van der Waals surface area contributed by atoms with Crippen LogP contribution >= 0.6 is 11.8 Å². The van der Waals surface area contributed by atoms with E-state index in [0.29, 0.717) is 24.3 Å². The van der Waals surface area contributed by atoms with Gasteiger partial charge in [0.15, 0.2) is 0 Å². The lowest BCUT2D eigenvalue weighted by atomic mass is 9.83. The van der Waals surface area contributed by atoms with Crippen molar-refractivity contribution >= 4 is 22.7 Å². The summed E-state index contributed by atoms with van der Waals surface area (Å²) in [7, 11) is 1.65. The highest BCUT2D eigenvalue weighted by atomic mass is 32.2. The summed E-state index contributed by atoms with van der Waals surface area (Å²) < 4.78 is 7.11. The van der Waals surface area contributed by atoms with E-state index in [-0.39, 0.29) is 5.91 Å². The molecule has 0 unspecified atom stereocenters. The molecular formula is C16H22N2O2S. The van der Waals surface area contributed by atoms with Gasteiger partial charge in [0.05, 0.1) is 17.2 Å². The van der Waals surface area contributed by atoms with E-state index in [2.05, 4.69) is 9.88 Å². The predicted molar refractivity (Wildman–Crippen MR) is 85.9 cm³/mol. The Labute approximate surface area is 129 Å². The van der Waals surface area contributed by atoms with Crippen LogP contribution in [0.15, 0.2) is 30.1 Å². The van der Waals surface area contributed by atoms with Crippen LogP contribution in [-0.4, -0.2) is 36.0 Å². The van der Waals surface area contributed by atoms with Crippen molar-refractivity contribution in [3.05, 3.63) is 30.1 Å². The Bertz CT molecular complexity index is 524. The quantitative estimate of drug-likeness (QED) is 0.851. The molecule has 4 nitrogen and oxygen atoms in total. The number of rotatable bonds is 5. The molecule has 0 radical (unpaired) electrons. The summed E-state index contributed by atoms with van der Waals surface area (Å²) in [4.78, 5) is 12.6. The third-order valence-corrected chi connectivity index (χ3v) is 5.76. The van der Waals surface area contributed by atoms with E-state index in [0.717, 1.165) is 17.0 Å². The number of methoxy groups -OCH3 is 1. The van der Waals surface area contributed by atoms with Crippen LogP contribution in [-0.2, 0) is 9.53 Å². The van der Waals surface area contributed by atoms with E-state index in [9.17, 15) is 4.79 Å². The second-order valence-corrected chi connectivity index (χ2v) is 6.83. The Hall–Kier alpha value is -1.20. The third kappa shape index (κ3) is 3.04. The van der Waals surface area contributed by atoms with Gasteiger partial charge in [-0.3, -0.25) is 4.79 Å². The first-order chi connectivity index (χ1) is 10.3. The smallest absolute Gasteiger partial charge is 0.250 e. The molecule has 1 aromatic rings. The summed E-state index contributed by atoms with van der Waals surface area (Å²) in [6.45, 7) is 1.12. The van der Waals surface area contributed by atoms with E-state index in [1.54, 1.807) is 7.11 Å². The maximum absolute atomic E-state index is 12.6. The minimum absolute atomic E-state index is 0.0812. The third-order valence-electron chi connectivity index (χ3n) is 4.24. The molecule has 0 saturated heterocycles. The van der Waals surface area contributed by atoms with Crippen molar-refractivity contribution in [1.82, 2.24) is 9.88 Å². The number of carbonyl (C=O) groups is 1. The number of hydrogen-bond donors (Lipinski definition) is 1. The van der Waals surface area contributed by atoms with Crippen LogP contribution in [0, 0.1) is 5.92 Å². The lowest BCUT2D eigenvalue weighted by molar-refractivity contribution is -0.118. The van der Waals surface area contributed by atoms with Crippen molar-refractivity contribution in [3.8, 4) is 0 Å². The number of amides is 1. The highest BCUT2D eigenvalue weighted by molar-refractivity contribution is 8.08. The maximum Gasteiger partial charge on any atom is 0.250 e. The molecule has 1 N–H and O–H groups in total. The number of nitrogens with one attached hydrogen (secondary N) is 1. The van der Waals surface area contributed by atoms with Gasteiger partial charge in [-0.05, 0) is 25.0 Å². The highest BCUT2D eigenvalue weighted by Crippen LogP contribution is 2.50. The molecule has 2 atom stereocenters. The van der Waals surface area contributed by atoms with E-state index in [1.807, 2.05) is 36.3 Å². The zero-order valence-electron chi connectivity index (χ0n) is 12.4. The van der Waals surface area contributed by atoms with Crippen molar-refractivity contribution in [2.45, 2.75) is 30.9 Å². The van der Waals surface area contributed by atoms with E-state index in [4.69, 9.17) is 4.74 Å². The molecule has 1 saturated carbocycles. The van der Waals surface area contributed by atoms with Gasteiger partial charge in [-0.25, -0.2) is 0 Å². The summed E-state index contributed by atoms with van der Waals surface area (Å²) in [5.74, 6) is 0.487. The van der Waals surface area contributed by atoms with Gasteiger partial charge < -0.3 is 14.6 Å². The molecule has 0 bridgehead atoms. The molecule has 1 fully saturated rings. The van der Waals surface area contributed by atoms with Gasteiger partial charge in [-0.2, -0.15) is 0 Å². The topological polar surface area (TPSA) is 43.3 Å². The second-order valence-electron chi connectivity index (χ2n) is 5.61. The van der Waals surface area contributed by atoms with Gasteiger partial charge in [-0.15, -0.1) is 11.8 Å². The molecule has 1 aliphatic carbocycles. The number of aromatic nitrogens is 1. The number of thioether (sulfide) groups is 1. The average Bonchev–Trinajstić information content (AvgIpc) is 3.14. The van der Waals surface area contributed by atoms with Gasteiger partial charge >= 0.3 is 0 Å². The molecule has 1 amide bonds. The van der Waals surface area contributed by atoms with Crippen LogP contribution in [0.3, 0.4) is 0 Å². The fourth-order valence-electron chi connectivity index (χ4n) is 3.23. The highest BCUT2D eigenvalue weighted by Gasteiger charge is 2.40. The predicted octanol–water partition coefficient (Wildman–Crippen LogP) is 2.72. The first-order valence-corrected chi connectivity index (χ1v) is 8.50. The van der Waals surface area contributed by atoms with Crippen LogP contribution in [0.2, 0.25) is 0 Å². The van der Waals surface area contributed by atoms with Crippen LogP contribution in [0.25, 0.3) is 5.03 Å². The standard InChI is InChI=1S/C16H22N2O2S/c1-20-11-8-17-15(19)14-12-6-2-3-7-13(12)21-16(14)18-9-4-5-10-18/h4-5,9-10,12-13H,2-3,6-8,11H2,1H3,(H,17,19)/t12-,13-/m1/s1. The molecule has 1 aromatic heterocycles. The summed E-state index contributed by atoms with van der Waals surface area (Å²) in [5, 5.41) is 4.69. The molecule has 1 aliphatic heterocycles. The van der Waals surface area contributed by atoms with Crippen molar-refractivity contribution in [2.75, 3.05) is 20.3 Å². The molecular weight excluding hydrogens is 284 g/mol. The Kier molecular flexibility index (Phi) is 4.70. The van der Waals surface area contributed by atoms with E-state index in [1.165, 1.54) is 19.3 Å². The first-order valence-electron chi connectivity index (χ1n) is 7.62. The summed E-state index contributed by atoms with van der Waals surface area (Å²) in [6, 6.07) is 4.02. The minimum Gasteiger partial charge on any atom is -0.383 e. The van der Waals surface area contributed by atoms with Crippen LogP contribution in [0.4, 0.5) is 0 Å². The zero-order valence-corrected chi connectivity index (χ0v) is 13.2. The summed E-state index contributed by atoms with van der Waals surface area (Å²) in [6.07, 6.45) is 8.93. The fourth-order valence-corrected chi connectivity index (χ4v) is 4.85. The van der Waals surface area contributed by atoms with Crippen molar-refractivity contribution < 1.29 is 9.53 Å². The second kappa shape index (κ2) is 6.71. The first kappa shape index (κ1) is 14.7. The lowest BCUT2D eigenvalue weighted by Gasteiger charge is -2.25. The monoisotopic (exact) mass is 306 g/mol. The number of ether oxygens (including phenoxy) is 1. The van der Waals surface area contributed by atoms with Gasteiger partial charge in [0.2, 0.25) is 5.91 Å². The lowest BCUT2D eigenvalue weighted by Crippen LogP contribution is -2.33. The van der Waals surface area contributed by atoms with E-state index < -0.39 is 0 Å². The minimum atomic E-state index is 0.0812. The van der Waals surface area contributed by atoms with Crippen molar-refractivity contribution in [2.24, 2.45) is 5.92 Å². The maximum atomic E-state index is 12.6. The molecule has 3 rings (SSSR count). The number of hydrogen-bond acceptors (Lipinski definition) is 3.